The highest BCUT2D eigenvalue weighted by molar-refractivity contribution is 7.98. The van der Waals surface area contributed by atoms with Crippen LogP contribution in [0.15, 0.2) is 0 Å². The molecular weight excluding hydrogens is 306 g/mol. The molecule has 3 amide bonds. The molecule has 1 rings (SSSR count). The summed E-state index contributed by atoms with van der Waals surface area (Å²) in [5, 5.41) is 14.2. The zero-order valence-electron chi connectivity index (χ0n) is 13.5. The van der Waals surface area contributed by atoms with Crippen LogP contribution >= 0.6 is 11.8 Å². The van der Waals surface area contributed by atoms with Gasteiger partial charge in [0.25, 0.3) is 0 Å². The van der Waals surface area contributed by atoms with Crippen LogP contribution < -0.4 is 10.6 Å². The van der Waals surface area contributed by atoms with Gasteiger partial charge in [0, 0.05) is 18.5 Å². The molecule has 1 saturated heterocycles. The van der Waals surface area contributed by atoms with Crippen molar-refractivity contribution in [3.63, 3.8) is 0 Å². The predicted octanol–water partition coefficient (Wildman–Crippen LogP) is 0.891. The minimum Gasteiger partial charge on any atom is -0.480 e. The normalized spacial score (nSPS) is 19.9. The van der Waals surface area contributed by atoms with Gasteiger partial charge in [-0.05, 0) is 39.2 Å². The van der Waals surface area contributed by atoms with E-state index in [1.807, 2.05) is 27.0 Å². The molecule has 1 heterocycles. The van der Waals surface area contributed by atoms with Gasteiger partial charge in [-0.1, -0.05) is 0 Å². The molecule has 0 saturated carbocycles. The lowest BCUT2D eigenvalue weighted by Gasteiger charge is -2.32. The number of nitrogens with zero attached hydrogens (tertiary/aromatic N) is 1. The topological polar surface area (TPSA) is 98.7 Å². The number of likely N-dealkylation sites (tertiary alicyclic amines) is 1. The Labute approximate surface area is 135 Å². The molecule has 0 aromatic heterocycles. The van der Waals surface area contributed by atoms with Crippen LogP contribution in [0.25, 0.3) is 0 Å². The van der Waals surface area contributed by atoms with Gasteiger partial charge in [-0.3, -0.25) is 4.79 Å². The van der Waals surface area contributed by atoms with Crippen molar-refractivity contribution in [1.29, 1.82) is 0 Å². The molecule has 0 bridgehead atoms. The molecule has 22 heavy (non-hydrogen) atoms. The van der Waals surface area contributed by atoms with E-state index < -0.39 is 18.0 Å². The van der Waals surface area contributed by atoms with E-state index in [-0.39, 0.29) is 23.9 Å². The van der Waals surface area contributed by atoms with Gasteiger partial charge in [0.15, 0.2) is 0 Å². The van der Waals surface area contributed by atoms with Crippen LogP contribution in [0, 0.1) is 0 Å². The third-order valence-electron chi connectivity index (χ3n) is 3.48. The van der Waals surface area contributed by atoms with E-state index in [0.29, 0.717) is 18.7 Å². The molecule has 2 unspecified atom stereocenters. The van der Waals surface area contributed by atoms with Crippen LogP contribution in [-0.4, -0.2) is 64.1 Å². The molecule has 1 aliphatic rings. The Hall–Kier alpha value is -1.44. The van der Waals surface area contributed by atoms with E-state index in [1.165, 1.54) is 11.8 Å². The van der Waals surface area contributed by atoms with Gasteiger partial charge in [-0.25, -0.2) is 9.59 Å². The Balaban J connectivity index is 2.52. The molecule has 7 nitrogen and oxygen atoms in total. The highest BCUT2D eigenvalue weighted by Gasteiger charge is 2.37. The van der Waals surface area contributed by atoms with Crippen LogP contribution in [0.4, 0.5) is 4.79 Å². The highest BCUT2D eigenvalue weighted by Crippen LogP contribution is 2.21. The van der Waals surface area contributed by atoms with Gasteiger partial charge in [-0.15, -0.1) is 0 Å². The number of rotatable bonds is 6. The van der Waals surface area contributed by atoms with E-state index in [2.05, 4.69) is 10.6 Å². The smallest absolute Gasteiger partial charge is 0.326 e. The maximum absolute atomic E-state index is 11.9. The van der Waals surface area contributed by atoms with Crippen molar-refractivity contribution in [3.8, 4) is 0 Å². The summed E-state index contributed by atoms with van der Waals surface area (Å²) in [5.74, 6) is -0.408. The molecule has 0 aromatic rings. The number of thioether (sulfide) groups is 1. The number of aliphatic carboxylic acids is 1. The maximum Gasteiger partial charge on any atom is 0.326 e. The molecule has 0 radical (unpaired) electrons. The molecule has 1 aliphatic heterocycles. The Morgan fingerprint density at radius 1 is 1.45 bits per heavy atom. The van der Waals surface area contributed by atoms with Crippen molar-refractivity contribution in [2.75, 3.05) is 18.6 Å². The van der Waals surface area contributed by atoms with Crippen molar-refractivity contribution in [1.82, 2.24) is 15.5 Å². The fraction of sp³-hybridized carbons (Fsp3) is 0.786. The van der Waals surface area contributed by atoms with Crippen molar-refractivity contribution in [2.45, 2.75) is 51.2 Å². The second-order valence-corrected chi connectivity index (χ2v) is 7.35. The molecule has 2 atom stereocenters. The van der Waals surface area contributed by atoms with Gasteiger partial charge in [-0.2, -0.15) is 11.8 Å². The second-order valence-electron chi connectivity index (χ2n) is 6.37. The van der Waals surface area contributed by atoms with Crippen LogP contribution in [0.1, 0.15) is 33.6 Å². The van der Waals surface area contributed by atoms with Crippen molar-refractivity contribution < 1.29 is 19.5 Å². The summed E-state index contributed by atoms with van der Waals surface area (Å²) in [6.45, 7) is 6.26. The van der Waals surface area contributed by atoms with E-state index in [1.54, 1.807) is 4.90 Å². The minimum absolute atomic E-state index is 0.00466. The minimum atomic E-state index is -1.05. The number of carbonyl (C=O) groups is 3. The Morgan fingerprint density at radius 2 is 2.09 bits per heavy atom. The summed E-state index contributed by atoms with van der Waals surface area (Å²) in [6, 6.07) is -1.74. The van der Waals surface area contributed by atoms with Crippen LogP contribution in [0.3, 0.4) is 0 Å². The van der Waals surface area contributed by atoms with E-state index in [0.717, 1.165) is 0 Å². The van der Waals surface area contributed by atoms with Crippen molar-refractivity contribution in [3.05, 3.63) is 0 Å². The van der Waals surface area contributed by atoms with Crippen molar-refractivity contribution in [2.24, 2.45) is 0 Å². The Kier molecular flexibility index (Phi) is 6.52. The summed E-state index contributed by atoms with van der Waals surface area (Å²) in [5.41, 5.74) is -0.286. The second kappa shape index (κ2) is 7.71. The van der Waals surface area contributed by atoms with Crippen molar-refractivity contribution >= 4 is 29.7 Å². The zero-order chi connectivity index (χ0) is 16.9. The van der Waals surface area contributed by atoms with Gasteiger partial charge < -0.3 is 20.6 Å². The fourth-order valence-electron chi connectivity index (χ4n) is 2.33. The van der Waals surface area contributed by atoms with Gasteiger partial charge in [0.2, 0.25) is 5.91 Å². The molecule has 0 aliphatic carbocycles. The van der Waals surface area contributed by atoms with Gasteiger partial charge in [0.05, 0.1) is 6.04 Å². The van der Waals surface area contributed by atoms with E-state index >= 15 is 0 Å². The summed E-state index contributed by atoms with van der Waals surface area (Å²) >= 11 is 1.52. The third-order valence-corrected chi connectivity index (χ3v) is 4.13. The average Bonchev–Trinajstić information content (AvgIpc) is 2.74. The number of nitrogens with one attached hydrogen (secondary N) is 2. The summed E-state index contributed by atoms with van der Waals surface area (Å²) in [6.07, 6.45) is 2.49. The third kappa shape index (κ3) is 5.40. The Morgan fingerprint density at radius 3 is 2.55 bits per heavy atom. The standard InChI is InChI=1S/C14H25N3O4S/c1-14(2,3)17-8-9(7-11(17)18)15-13(21)16-10(12(19)20)5-6-22-4/h9-10H,5-8H2,1-4H3,(H,19,20)(H2,15,16,21). The lowest BCUT2D eigenvalue weighted by atomic mass is 10.1. The molecule has 0 aromatic carbocycles. The SMILES string of the molecule is CSCCC(NC(=O)NC1CC(=O)N(C(C)(C)C)C1)C(=O)O. The molecule has 126 valence electrons. The first kappa shape index (κ1) is 18.6. The quantitative estimate of drug-likeness (QED) is 0.671. The maximum atomic E-state index is 11.9. The van der Waals surface area contributed by atoms with Crippen LogP contribution in [-0.2, 0) is 9.59 Å². The molecular formula is C14H25N3O4S. The number of carbonyl (C=O) groups excluding carboxylic acids is 2. The number of carboxylic acid groups (broad SMARTS) is 1. The lowest BCUT2D eigenvalue weighted by molar-refractivity contribution is -0.139. The largest absolute Gasteiger partial charge is 0.480 e. The first-order valence-electron chi connectivity index (χ1n) is 7.24. The number of carboxylic acids is 1. The predicted molar refractivity (Wildman–Crippen MR) is 86.0 cm³/mol. The Bertz CT molecular complexity index is 436. The highest BCUT2D eigenvalue weighted by atomic mass is 32.2. The number of amides is 3. The average molecular weight is 331 g/mol. The first-order valence-corrected chi connectivity index (χ1v) is 8.63. The van der Waals surface area contributed by atoms with E-state index in [4.69, 9.17) is 5.11 Å². The molecule has 1 fully saturated rings. The van der Waals surface area contributed by atoms with E-state index in [9.17, 15) is 14.4 Å². The summed E-state index contributed by atoms with van der Waals surface area (Å²) < 4.78 is 0. The van der Waals surface area contributed by atoms with Crippen LogP contribution in [0.5, 0.6) is 0 Å². The molecule has 3 N–H and O–H groups in total. The zero-order valence-corrected chi connectivity index (χ0v) is 14.3. The summed E-state index contributed by atoms with van der Waals surface area (Å²) in [4.78, 5) is 36.7. The van der Waals surface area contributed by atoms with Crippen LogP contribution in [0.2, 0.25) is 0 Å². The lowest BCUT2D eigenvalue weighted by Crippen LogP contribution is -2.50. The van der Waals surface area contributed by atoms with Gasteiger partial charge in [0.1, 0.15) is 6.04 Å². The fourth-order valence-corrected chi connectivity index (χ4v) is 2.80. The van der Waals surface area contributed by atoms with Gasteiger partial charge >= 0.3 is 12.0 Å². The first-order chi connectivity index (χ1) is 10.1. The number of hydrogen-bond donors (Lipinski definition) is 3. The number of urea groups is 1. The monoisotopic (exact) mass is 331 g/mol. The molecule has 8 heteroatoms. The molecule has 0 spiro atoms. The summed E-state index contributed by atoms with van der Waals surface area (Å²) in [7, 11) is 0. The number of hydrogen-bond acceptors (Lipinski definition) is 4.